The third-order valence-electron chi connectivity index (χ3n) is 3.72. The number of benzene rings is 2. The minimum absolute atomic E-state index is 0.0176. The number of aryl methyl sites for hydroxylation is 1. The molecule has 1 N–H and O–H groups in total. The van der Waals surface area contributed by atoms with Gasteiger partial charge in [-0.1, -0.05) is 41.9 Å². The molecule has 4 nitrogen and oxygen atoms in total. The molecular formula is C21H21BrN2O2. The Bertz CT molecular complexity index is 836. The maximum absolute atomic E-state index is 12.5. The highest BCUT2D eigenvalue weighted by molar-refractivity contribution is 9.10. The van der Waals surface area contributed by atoms with E-state index in [0.717, 1.165) is 17.3 Å². The number of hydrogen-bond acceptors (Lipinski definition) is 3. The molecule has 2 aromatic carbocycles. The maximum atomic E-state index is 12.5. The average molecular weight is 413 g/mol. The van der Waals surface area contributed by atoms with Gasteiger partial charge in [-0.2, -0.15) is 5.26 Å². The number of ether oxygens (including phenoxy) is 1. The second-order valence-corrected chi connectivity index (χ2v) is 6.62. The van der Waals surface area contributed by atoms with Gasteiger partial charge in [-0.25, -0.2) is 0 Å². The van der Waals surface area contributed by atoms with Crippen molar-refractivity contribution < 1.29 is 9.53 Å². The van der Waals surface area contributed by atoms with E-state index in [1.165, 1.54) is 5.56 Å². The Labute approximate surface area is 162 Å². The third kappa shape index (κ3) is 5.47. The number of carbonyl (C=O) groups excluding carboxylic acids is 1. The Morgan fingerprint density at radius 1 is 1.23 bits per heavy atom. The summed E-state index contributed by atoms with van der Waals surface area (Å²) in [6, 6.07) is 15.1. The van der Waals surface area contributed by atoms with Gasteiger partial charge in [-0.15, -0.1) is 0 Å². The van der Waals surface area contributed by atoms with Crippen molar-refractivity contribution in [2.24, 2.45) is 0 Å². The van der Waals surface area contributed by atoms with Crippen LogP contribution in [-0.2, 0) is 11.2 Å². The number of halogens is 1. The summed E-state index contributed by atoms with van der Waals surface area (Å²) in [5.74, 6) is 0.195. The molecule has 0 saturated carbocycles. The second-order valence-electron chi connectivity index (χ2n) is 5.71. The van der Waals surface area contributed by atoms with Crippen LogP contribution in [0, 0.1) is 11.3 Å². The smallest absolute Gasteiger partial charge is 0.266 e. The van der Waals surface area contributed by atoms with Crippen LogP contribution < -0.4 is 10.1 Å². The maximum Gasteiger partial charge on any atom is 0.266 e. The van der Waals surface area contributed by atoms with Crippen molar-refractivity contribution >= 4 is 33.6 Å². The first-order valence-corrected chi connectivity index (χ1v) is 9.31. The summed E-state index contributed by atoms with van der Waals surface area (Å²) in [5.41, 5.74) is 2.54. The fourth-order valence-corrected chi connectivity index (χ4v) is 2.68. The van der Waals surface area contributed by atoms with Gasteiger partial charge in [0.2, 0.25) is 0 Å². The summed E-state index contributed by atoms with van der Waals surface area (Å²) in [7, 11) is 0. The van der Waals surface area contributed by atoms with Crippen LogP contribution in [0.25, 0.3) is 6.08 Å². The lowest BCUT2D eigenvalue weighted by atomic mass is 10.1. The fourth-order valence-electron chi connectivity index (χ4n) is 2.30. The monoisotopic (exact) mass is 412 g/mol. The zero-order chi connectivity index (χ0) is 18.9. The third-order valence-corrected chi connectivity index (χ3v) is 4.21. The minimum Gasteiger partial charge on any atom is -0.493 e. The fraction of sp³-hybridized carbons (Fsp3) is 0.238. The van der Waals surface area contributed by atoms with Gasteiger partial charge in [0.15, 0.2) is 0 Å². The van der Waals surface area contributed by atoms with Crippen LogP contribution in [0.3, 0.4) is 0 Å². The van der Waals surface area contributed by atoms with Crippen LogP contribution in [0.1, 0.15) is 31.4 Å². The minimum atomic E-state index is -0.446. The molecule has 0 radical (unpaired) electrons. The SMILES string of the molecule is CCCOc1ccc(Br)cc1/C=C(\C#N)C(=O)Nc1ccc(CC)cc1. The Balaban J connectivity index is 2.24. The number of amides is 1. The van der Waals surface area contributed by atoms with Gasteiger partial charge >= 0.3 is 0 Å². The van der Waals surface area contributed by atoms with Gasteiger partial charge < -0.3 is 10.1 Å². The molecule has 5 heteroatoms. The molecule has 0 heterocycles. The lowest BCUT2D eigenvalue weighted by Crippen LogP contribution is -2.13. The van der Waals surface area contributed by atoms with Gasteiger partial charge in [0.25, 0.3) is 5.91 Å². The van der Waals surface area contributed by atoms with Gasteiger partial charge in [-0.3, -0.25) is 4.79 Å². The first kappa shape index (κ1) is 19.7. The molecular weight excluding hydrogens is 392 g/mol. The molecule has 2 rings (SSSR count). The number of nitrogens with one attached hydrogen (secondary N) is 1. The molecule has 0 saturated heterocycles. The zero-order valence-corrected chi connectivity index (χ0v) is 16.5. The van der Waals surface area contributed by atoms with Crippen molar-refractivity contribution in [3.63, 3.8) is 0 Å². The molecule has 2 aromatic rings. The van der Waals surface area contributed by atoms with E-state index in [4.69, 9.17) is 4.74 Å². The van der Waals surface area contributed by atoms with Crippen molar-refractivity contribution in [2.75, 3.05) is 11.9 Å². The predicted molar refractivity (Wildman–Crippen MR) is 108 cm³/mol. The molecule has 0 aromatic heterocycles. The summed E-state index contributed by atoms with van der Waals surface area (Å²) in [6.07, 6.45) is 3.35. The van der Waals surface area contributed by atoms with Gasteiger partial charge in [0.1, 0.15) is 17.4 Å². The van der Waals surface area contributed by atoms with Gasteiger partial charge in [-0.05, 0) is 54.8 Å². The van der Waals surface area contributed by atoms with E-state index in [1.54, 1.807) is 6.08 Å². The lowest BCUT2D eigenvalue weighted by Gasteiger charge is -2.10. The Morgan fingerprint density at radius 2 is 1.96 bits per heavy atom. The number of rotatable bonds is 7. The van der Waals surface area contributed by atoms with Gasteiger partial charge in [0.05, 0.1) is 6.61 Å². The summed E-state index contributed by atoms with van der Waals surface area (Å²) in [5, 5.41) is 12.2. The Morgan fingerprint density at radius 3 is 2.58 bits per heavy atom. The molecule has 134 valence electrons. The predicted octanol–water partition coefficient (Wildman–Crippen LogP) is 5.35. The first-order chi connectivity index (χ1) is 12.6. The van der Waals surface area contributed by atoms with Crippen molar-refractivity contribution in [1.29, 1.82) is 5.26 Å². The highest BCUT2D eigenvalue weighted by atomic mass is 79.9. The van der Waals surface area contributed by atoms with E-state index in [2.05, 4.69) is 28.2 Å². The number of hydrogen-bond donors (Lipinski definition) is 1. The standard InChI is InChI=1S/C21H21BrN2O2/c1-3-11-26-20-10-7-18(22)13-16(20)12-17(14-23)21(25)24-19-8-5-15(4-2)6-9-19/h5-10,12-13H,3-4,11H2,1-2H3,(H,24,25)/b17-12+. The molecule has 0 aliphatic heterocycles. The normalized spacial score (nSPS) is 10.9. The van der Waals surface area contributed by atoms with Crippen LogP contribution in [0.4, 0.5) is 5.69 Å². The van der Waals surface area contributed by atoms with E-state index < -0.39 is 5.91 Å². The highest BCUT2D eigenvalue weighted by Crippen LogP contribution is 2.26. The molecule has 0 bridgehead atoms. The van der Waals surface area contributed by atoms with E-state index in [9.17, 15) is 10.1 Å². The molecule has 0 fully saturated rings. The number of carbonyl (C=O) groups is 1. The van der Waals surface area contributed by atoms with Crippen molar-refractivity contribution in [3.05, 3.63) is 63.6 Å². The largest absolute Gasteiger partial charge is 0.493 e. The zero-order valence-electron chi connectivity index (χ0n) is 14.9. The lowest BCUT2D eigenvalue weighted by molar-refractivity contribution is -0.112. The molecule has 0 spiro atoms. The molecule has 0 aliphatic carbocycles. The second kappa shape index (κ2) is 9.79. The van der Waals surface area contributed by atoms with E-state index >= 15 is 0 Å². The van der Waals surface area contributed by atoms with Crippen LogP contribution in [0.15, 0.2) is 52.5 Å². The average Bonchev–Trinajstić information content (AvgIpc) is 2.65. The molecule has 0 atom stereocenters. The molecule has 26 heavy (non-hydrogen) atoms. The van der Waals surface area contributed by atoms with Crippen LogP contribution >= 0.6 is 15.9 Å². The highest BCUT2D eigenvalue weighted by Gasteiger charge is 2.12. The first-order valence-electron chi connectivity index (χ1n) is 8.51. The quantitative estimate of drug-likeness (QED) is 0.492. The summed E-state index contributed by atoms with van der Waals surface area (Å²) >= 11 is 3.41. The van der Waals surface area contributed by atoms with Gasteiger partial charge in [0, 0.05) is 15.7 Å². The number of nitrogens with zero attached hydrogens (tertiary/aromatic N) is 1. The van der Waals surface area contributed by atoms with Crippen molar-refractivity contribution in [2.45, 2.75) is 26.7 Å². The topological polar surface area (TPSA) is 62.1 Å². The Kier molecular flexibility index (Phi) is 7.43. The number of anilines is 1. The summed E-state index contributed by atoms with van der Waals surface area (Å²) in [6.45, 7) is 4.66. The van der Waals surface area contributed by atoms with Crippen LogP contribution in [0.5, 0.6) is 5.75 Å². The van der Waals surface area contributed by atoms with Crippen LogP contribution in [0.2, 0.25) is 0 Å². The van der Waals surface area contributed by atoms with Crippen molar-refractivity contribution in [3.8, 4) is 11.8 Å². The summed E-state index contributed by atoms with van der Waals surface area (Å²) < 4.78 is 6.55. The molecule has 0 aliphatic rings. The number of nitriles is 1. The molecule has 1 amide bonds. The Hall–Kier alpha value is -2.58. The van der Waals surface area contributed by atoms with E-state index in [0.29, 0.717) is 23.6 Å². The van der Waals surface area contributed by atoms with E-state index in [1.807, 2.05) is 55.5 Å². The van der Waals surface area contributed by atoms with Crippen LogP contribution in [-0.4, -0.2) is 12.5 Å². The van der Waals surface area contributed by atoms with Crippen molar-refractivity contribution in [1.82, 2.24) is 0 Å². The summed E-state index contributed by atoms with van der Waals surface area (Å²) in [4.78, 5) is 12.5. The van der Waals surface area contributed by atoms with E-state index in [-0.39, 0.29) is 5.57 Å². The molecule has 0 unspecified atom stereocenters.